The Hall–Kier alpha value is -0.610. The minimum atomic E-state index is -0.0240. The van der Waals surface area contributed by atoms with Crippen molar-refractivity contribution in [2.45, 2.75) is 52.6 Å². The van der Waals surface area contributed by atoms with Crippen molar-refractivity contribution in [2.75, 3.05) is 32.8 Å². The summed E-state index contributed by atoms with van der Waals surface area (Å²) in [6.07, 6.45) is 4.13. The fourth-order valence-corrected chi connectivity index (χ4v) is 2.61. The highest BCUT2D eigenvalue weighted by molar-refractivity contribution is 5.72. The van der Waals surface area contributed by atoms with Crippen molar-refractivity contribution in [2.24, 2.45) is 5.92 Å². The maximum atomic E-state index is 11.6. The predicted molar refractivity (Wildman–Crippen MR) is 76.1 cm³/mol. The predicted octanol–water partition coefficient (Wildman–Crippen LogP) is 2.47. The number of esters is 1. The summed E-state index contributed by atoms with van der Waals surface area (Å²) in [6.45, 7) is 10.7. The number of hydrogen-bond acceptors (Lipinski definition) is 4. The van der Waals surface area contributed by atoms with Crippen LogP contribution in [0.3, 0.4) is 0 Å². The van der Waals surface area contributed by atoms with Crippen LogP contribution >= 0.6 is 0 Å². The Morgan fingerprint density at radius 2 is 1.74 bits per heavy atom. The third-order valence-electron chi connectivity index (χ3n) is 3.95. The fraction of sp³-hybridized carbons (Fsp3) is 0.933. The maximum Gasteiger partial charge on any atom is 0.308 e. The molecule has 1 saturated carbocycles. The van der Waals surface area contributed by atoms with Gasteiger partial charge in [0.15, 0.2) is 0 Å². The van der Waals surface area contributed by atoms with Gasteiger partial charge in [0.2, 0.25) is 0 Å². The minimum absolute atomic E-state index is 0.0240. The molecule has 0 radical (unpaired) electrons. The Kier molecular flexibility index (Phi) is 8.07. The van der Waals surface area contributed by atoms with Crippen LogP contribution in [-0.4, -0.2) is 49.8 Å². The quantitative estimate of drug-likeness (QED) is 0.636. The summed E-state index contributed by atoms with van der Waals surface area (Å²) < 4.78 is 11.0. The van der Waals surface area contributed by atoms with Crippen LogP contribution in [-0.2, 0) is 14.3 Å². The van der Waals surface area contributed by atoms with Crippen LogP contribution in [0.4, 0.5) is 0 Å². The Morgan fingerprint density at radius 1 is 1.11 bits per heavy atom. The number of carbonyl (C=O) groups excluding carboxylic acids is 1. The lowest BCUT2D eigenvalue weighted by molar-refractivity contribution is -0.150. The molecule has 0 N–H and O–H groups in total. The van der Waals surface area contributed by atoms with Gasteiger partial charge in [-0.05, 0) is 45.7 Å². The van der Waals surface area contributed by atoms with Crippen LogP contribution in [0.25, 0.3) is 0 Å². The van der Waals surface area contributed by atoms with E-state index in [0.29, 0.717) is 12.7 Å². The molecule has 0 aliphatic heterocycles. The van der Waals surface area contributed by atoms with Crippen LogP contribution in [0.2, 0.25) is 0 Å². The molecule has 0 aromatic heterocycles. The summed E-state index contributed by atoms with van der Waals surface area (Å²) in [6, 6.07) is 0. The van der Waals surface area contributed by atoms with Gasteiger partial charge in [0.05, 0.1) is 25.2 Å². The summed E-state index contributed by atoms with van der Waals surface area (Å²) in [5.41, 5.74) is 0. The lowest BCUT2D eigenvalue weighted by Gasteiger charge is -2.28. The van der Waals surface area contributed by atoms with Crippen molar-refractivity contribution in [1.82, 2.24) is 4.90 Å². The summed E-state index contributed by atoms with van der Waals surface area (Å²) in [5, 5.41) is 0. The first-order valence-electron chi connectivity index (χ1n) is 7.71. The van der Waals surface area contributed by atoms with E-state index in [2.05, 4.69) is 18.7 Å². The van der Waals surface area contributed by atoms with Crippen molar-refractivity contribution in [3.8, 4) is 0 Å². The van der Waals surface area contributed by atoms with E-state index in [1.54, 1.807) is 0 Å². The smallest absolute Gasteiger partial charge is 0.308 e. The standard InChI is InChI=1S/C15H29NO3/c1-4-16(5-2)11-12-19-14-9-7-13(8-10-14)15(17)18-6-3/h13-14H,4-12H2,1-3H3. The largest absolute Gasteiger partial charge is 0.466 e. The zero-order valence-corrected chi connectivity index (χ0v) is 12.7. The van der Waals surface area contributed by atoms with Gasteiger partial charge in [0.1, 0.15) is 0 Å². The normalized spacial score (nSPS) is 23.6. The maximum absolute atomic E-state index is 11.6. The van der Waals surface area contributed by atoms with Gasteiger partial charge in [-0.25, -0.2) is 0 Å². The van der Waals surface area contributed by atoms with E-state index in [-0.39, 0.29) is 11.9 Å². The van der Waals surface area contributed by atoms with Crippen LogP contribution in [0.1, 0.15) is 46.5 Å². The van der Waals surface area contributed by atoms with E-state index >= 15 is 0 Å². The molecule has 0 amide bonds. The average Bonchev–Trinajstić information content (AvgIpc) is 2.44. The molecule has 0 saturated heterocycles. The molecule has 0 bridgehead atoms. The third kappa shape index (κ3) is 5.91. The molecule has 0 heterocycles. The zero-order valence-electron chi connectivity index (χ0n) is 12.7. The van der Waals surface area contributed by atoms with E-state index < -0.39 is 0 Å². The average molecular weight is 271 g/mol. The first-order valence-corrected chi connectivity index (χ1v) is 7.71. The zero-order chi connectivity index (χ0) is 14.1. The highest BCUT2D eigenvalue weighted by atomic mass is 16.5. The van der Waals surface area contributed by atoms with Crippen LogP contribution < -0.4 is 0 Å². The molecule has 112 valence electrons. The SMILES string of the molecule is CCOC(=O)C1CCC(OCCN(CC)CC)CC1. The molecule has 0 aromatic carbocycles. The first-order chi connectivity index (χ1) is 9.21. The molecule has 4 heteroatoms. The van der Waals surface area contributed by atoms with Gasteiger partial charge in [0.25, 0.3) is 0 Å². The second kappa shape index (κ2) is 9.32. The molecule has 1 aliphatic carbocycles. The molecule has 0 unspecified atom stereocenters. The Labute approximate surface area is 117 Å². The molecular formula is C15H29NO3. The second-order valence-electron chi connectivity index (χ2n) is 5.12. The summed E-state index contributed by atoms with van der Waals surface area (Å²) in [7, 11) is 0. The van der Waals surface area contributed by atoms with Crippen LogP contribution in [0, 0.1) is 5.92 Å². The van der Waals surface area contributed by atoms with Crippen molar-refractivity contribution in [3.05, 3.63) is 0 Å². The van der Waals surface area contributed by atoms with Gasteiger partial charge in [-0.2, -0.15) is 0 Å². The van der Waals surface area contributed by atoms with E-state index in [1.807, 2.05) is 6.92 Å². The summed E-state index contributed by atoms with van der Waals surface area (Å²) in [4.78, 5) is 14.0. The van der Waals surface area contributed by atoms with E-state index in [1.165, 1.54) is 0 Å². The molecule has 4 nitrogen and oxygen atoms in total. The Balaban J connectivity index is 2.14. The lowest BCUT2D eigenvalue weighted by atomic mass is 9.87. The van der Waals surface area contributed by atoms with Crippen LogP contribution in [0.5, 0.6) is 0 Å². The lowest BCUT2D eigenvalue weighted by Crippen LogP contribution is -2.31. The number of hydrogen-bond donors (Lipinski definition) is 0. The second-order valence-corrected chi connectivity index (χ2v) is 5.12. The highest BCUT2D eigenvalue weighted by Gasteiger charge is 2.27. The van der Waals surface area contributed by atoms with Crippen molar-refractivity contribution in [1.29, 1.82) is 0 Å². The molecule has 1 aliphatic rings. The molecule has 0 spiro atoms. The third-order valence-corrected chi connectivity index (χ3v) is 3.95. The van der Waals surface area contributed by atoms with Gasteiger partial charge in [-0.3, -0.25) is 4.79 Å². The fourth-order valence-electron chi connectivity index (χ4n) is 2.61. The van der Waals surface area contributed by atoms with Crippen molar-refractivity contribution < 1.29 is 14.3 Å². The van der Waals surface area contributed by atoms with Gasteiger partial charge in [-0.15, -0.1) is 0 Å². The van der Waals surface area contributed by atoms with E-state index in [9.17, 15) is 4.79 Å². The number of ether oxygens (including phenoxy) is 2. The molecule has 1 rings (SSSR count). The Bertz CT molecular complexity index is 246. The van der Waals surface area contributed by atoms with Crippen LogP contribution in [0.15, 0.2) is 0 Å². The monoisotopic (exact) mass is 271 g/mol. The summed E-state index contributed by atoms with van der Waals surface area (Å²) in [5.74, 6) is 0.0756. The molecule has 19 heavy (non-hydrogen) atoms. The Morgan fingerprint density at radius 3 is 2.26 bits per heavy atom. The highest BCUT2D eigenvalue weighted by Crippen LogP contribution is 2.27. The topological polar surface area (TPSA) is 38.8 Å². The van der Waals surface area contributed by atoms with Crippen molar-refractivity contribution in [3.63, 3.8) is 0 Å². The number of rotatable bonds is 8. The van der Waals surface area contributed by atoms with E-state index in [4.69, 9.17) is 9.47 Å². The minimum Gasteiger partial charge on any atom is -0.466 e. The van der Waals surface area contributed by atoms with Gasteiger partial charge >= 0.3 is 5.97 Å². The van der Waals surface area contributed by atoms with Gasteiger partial charge in [-0.1, -0.05) is 13.8 Å². The van der Waals surface area contributed by atoms with E-state index in [0.717, 1.165) is 51.9 Å². The molecule has 1 fully saturated rings. The van der Waals surface area contributed by atoms with Crippen molar-refractivity contribution >= 4 is 5.97 Å². The number of carbonyl (C=O) groups is 1. The molecule has 0 atom stereocenters. The number of nitrogens with zero attached hydrogens (tertiary/aromatic N) is 1. The molecular weight excluding hydrogens is 242 g/mol. The molecule has 0 aromatic rings. The first kappa shape index (κ1) is 16.4. The van der Waals surface area contributed by atoms with Gasteiger partial charge in [0, 0.05) is 6.54 Å². The number of likely N-dealkylation sites (N-methyl/N-ethyl adjacent to an activating group) is 1. The van der Waals surface area contributed by atoms with Gasteiger partial charge < -0.3 is 14.4 Å². The summed E-state index contributed by atoms with van der Waals surface area (Å²) >= 11 is 0.